The SMILES string of the molecule is O=C(Cc1csc2ccccc12)OC1CCCCC1N1CCOCC1.[Cl-]. The molecule has 26 heavy (non-hydrogen) atoms. The summed E-state index contributed by atoms with van der Waals surface area (Å²) in [6, 6.07) is 8.62. The van der Waals surface area contributed by atoms with Crippen molar-refractivity contribution in [1.29, 1.82) is 0 Å². The molecule has 1 aromatic heterocycles. The van der Waals surface area contributed by atoms with Gasteiger partial charge in [0.05, 0.1) is 19.6 Å². The Bertz CT molecular complexity index is 729. The van der Waals surface area contributed by atoms with Crippen LogP contribution in [0.15, 0.2) is 29.6 Å². The van der Waals surface area contributed by atoms with E-state index in [1.54, 1.807) is 11.3 Å². The van der Waals surface area contributed by atoms with Gasteiger partial charge >= 0.3 is 5.97 Å². The molecule has 1 saturated heterocycles. The van der Waals surface area contributed by atoms with Crippen molar-refractivity contribution in [3.05, 3.63) is 35.2 Å². The van der Waals surface area contributed by atoms with E-state index in [1.165, 1.54) is 16.5 Å². The summed E-state index contributed by atoms with van der Waals surface area (Å²) >= 11 is 1.70. The number of carbonyl (C=O) groups is 1. The van der Waals surface area contributed by atoms with Crippen LogP contribution in [0.5, 0.6) is 0 Å². The van der Waals surface area contributed by atoms with Gasteiger partial charge in [-0.25, -0.2) is 0 Å². The first kappa shape index (κ1) is 19.6. The number of morpholine rings is 1. The minimum Gasteiger partial charge on any atom is -1.00 e. The summed E-state index contributed by atoms with van der Waals surface area (Å²) in [7, 11) is 0. The van der Waals surface area contributed by atoms with Crippen molar-refractivity contribution in [2.75, 3.05) is 26.3 Å². The van der Waals surface area contributed by atoms with Gasteiger partial charge in [0.1, 0.15) is 6.10 Å². The van der Waals surface area contributed by atoms with E-state index in [0.717, 1.165) is 51.1 Å². The molecule has 1 aromatic carbocycles. The number of halogens is 1. The zero-order chi connectivity index (χ0) is 17.1. The number of hydrogen-bond donors (Lipinski definition) is 0. The second kappa shape index (κ2) is 9.18. The Kier molecular flexibility index (Phi) is 6.92. The minimum atomic E-state index is -0.0892. The number of thiophene rings is 1. The first-order chi connectivity index (χ1) is 12.3. The molecule has 2 atom stereocenters. The highest BCUT2D eigenvalue weighted by atomic mass is 35.5. The topological polar surface area (TPSA) is 38.8 Å². The summed E-state index contributed by atoms with van der Waals surface area (Å²) in [6.45, 7) is 3.48. The fraction of sp³-hybridized carbons (Fsp3) is 0.550. The Morgan fingerprint density at radius 3 is 2.81 bits per heavy atom. The number of carbonyl (C=O) groups excluding carboxylic acids is 1. The molecule has 0 amide bonds. The number of esters is 1. The van der Waals surface area contributed by atoms with Gasteiger partial charge in [-0.15, -0.1) is 11.3 Å². The molecule has 6 heteroatoms. The van der Waals surface area contributed by atoms with Gasteiger partial charge in [-0.2, -0.15) is 0 Å². The van der Waals surface area contributed by atoms with Gasteiger partial charge in [0.15, 0.2) is 0 Å². The van der Waals surface area contributed by atoms with Crippen LogP contribution in [0, 0.1) is 0 Å². The molecule has 4 rings (SSSR count). The molecule has 4 nitrogen and oxygen atoms in total. The summed E-state index contributed by atoms with van der Waals surface area (Å²) in [5, 5.41) is 3.27. The molecule has 2 unspecified atom stereocenters. The second-order valence-corrected chi connectivity index (χ2v) is 7.87. The van der Waals surface area contributed by atoms with Gasteiger partial charge in [-0.1, -0.05) is 24.6 Å². The van der Waals surface area contributed by atoms with Crippen molar-refractivity contribution in [3.8, 4) is 0 Å². The van der Waals surface area contributed by atoms with Crippen molar-refractivity contribution in [2.45, 2.75) is 44.2 Å². The molecule has 2 aliphatic rings. The van der Waals surface area contributed by atoms with E-state index >= 15 is 0 Å². The number of hydrogen-bond acceptors (Lipinski definition) is 5. The predicted molar refractivity (Wildman–Crippen MR) is 100 cm³/mol. The van der Waals surface area contributed by atoms with Crippen LogP contribution in [0.3, 0.4) is 0 Å². The minimum absolute atomic E-state index is 0. The number of ether oxygens (including phenoxy) is 2. The Balaban J connectivity index is 0.00000196. The van der Waals surface area contributed by atoms with Crippen molar-refractivity contribution in [1.82, 2.24) is 4.90 Å². The fourth-order valence-corrected chi connectivity index (χ4v) is 5.04. The van der Waals surface area contributed by atoms with Gasteiger partial charge in [0, 0.05) is 23.8 Å². The van der Waals surface area contributed by atoms with Crippen LogP contribution in [0.4, 0.5) is 0 Å². The van der Waals surface area contributed by atoms with Crippen molar-refractivity contribution in [3.63, 3.8) is 0 Å². The summed E-state index contributed by atoms with van der Waals surface area (Å²) in [5.74, 6) is -0.0892. The summed E-state index contributed by atoms with van der Waals surface area (Å²) in [6.07, 6.45) is 4.89. The molecule has 0 radical (unpaired) electrons. The van der Waals surface area contributed by atoms with Gasteiger partial charge < -0.3 is 21.9 Å². The van der Waals surface area contributed by atoms with Crippen molar-refractivity contribution in [2.24, 2.45) is 0 Å². The van der Waals surface area contributed by atoms with E-state index in [2.05, 4.69) is 22.4 Å². The predicted octanol–water partition coefficient (Wildman–Crippen LogP) is 0.634. The molecule has 2 fully saturated rings. The Morgan fingerprint density at radius 2 is 1.96 bits per heavy atom. The maximum absolute atomic E-state index is 12.6. The summed E-state index contributed by atoms with van der Waals surface area (Å²) in [4.78, 5) is 15.0. The lowest BCUT2D eigenvalue weighted by molar-refractivity contribution is -0.155. The lowest BCUT2D eigenvalue weighted by Gasteiger charge is -2.41. The maximum Gasteiger partial charge on any atom is 0.310 e. The Labute approximate surface area is 164 Å². The van der Waals surface area contributed by atoms with Crippen molar-refractivity contribution >= 4 is 27.4 Å². The van der Waals surface area contributed by atoms with Crippen LogP contribution in [-0.2, 0) is 20.7 Å². The van der Waals surface area contributed by atoms with Gasteiger partial charge in [0.25, 0.3) is 0 Å². The van der Waals surface area contributed by atoms with E-state index < -0.39 is 0 Å². The highest BCUT2D eigenvalue weighted by Crippen LogP contribution is 2.29. The normalized spacial score (nSPS) is 24.2. The monoisotopic (exact) mass is 394 g/mol. The highest BCUT2D eigenvalue weighted by Gasteiger charge is 2.33. The third-order valence-electron chi connectivity index (χ3n) is 5.36. The third kappa shape index (κ3) is 4.39. The second-order valence-electron chi connectivity index (χ2n) is 6.96. The molecule has 1 aliphatic carbocycles. The fourth-order valence-electron chi connectivity index (χ4n) is 4.08. The third-order valence-corrected chi connectivity index (χ3v) is 6.37. The molecule has 142 valence electrons. The molecule has 0 N–H and O–H groups in total. The zero-order valence-corrected chi connectivity index (χ0v) is 16.4. The van der Waals surface area contributed by atoms with Gasteiger partial charge in [0.2, 0.25) is 0 Å². The first-order valence-electron chi connectivity index (χ1n) is 9.27. The van der Waals surface area contributed by atoms with Crippen LogP contribution < -0.4 is 12.4 Å². The average molecular weight is 395 g/mol. The first-order valence-corrected chi connectivity index (χ1v) is 10.2. The van der Waals surface area contributed by atoms with E-state index in [9.17, 15) is 4.79 Å². The summed E-state index contributed by atoms with van der Waals surface area (Å²) < 4.78 is 12.7. The van der Waals surface area contributed by atoms with E-state index in [4.69, 9.17) is 9.47 Å². The number of fused-ring (bicyclic) bond motifs is 1. The summed E-state index contributed by atoms with van der Waals surface area (Å²) in [5.41, 5.74) is 1.09. The lowest BCUT2D eigenvalue weighted by Crippen LogP contribution is -3.00. The molecule has 1 saturated carbocycles. The van der Waals surface area contributed by atoms with E-state index in [1.807, 2.05) is 12.1 Å². The number of nitrogens with zero attached hydrogens (tertiary/aromatic N) is 1. The Morgan fingerprint density at radius 1 is 1.19 bits per heavy atom. The van der Waals surface area contributed by atoms with Crippen LogP contribution >= 0.6 is 11.3 Å². The molecule has 0 spiro atoms. The lowest BCUT2D eigenvalue weighted by atomic mass is 9.91. The largest absolute Gasteiger partial charge is 1.00 e. The molecule has 2 aromatic rings. The smallest absolute Gasteiger partial charge is 0.310 e. The average Bonchev–Trinajstić information content (AvgIpc) is 3.06. The van der Waals surface area contributed by atoms with Crippen LogP contribution in [-0.4, -0.2) is 49.3 Å². The van der Waals surface area contributed by atoms with Crippen LogP contribution in [0.2, 0.25) is 0 Å². The standard InChI is InChI=1S/C20H25NO3S.ClH/c22-20(13-15-14-25-19-8-4-1-5-16(15)19)24-18-7-3-2-6-17(18)21-9-11-23-12-10-21;/h1,4-5,8,14,17-18H,2-3,6-7,9-13H2;1H/p-1. The zero-order valence-electron chi connectivity index (χ0n) is 14.9. The van der Waals surface area contributed by atoms with Crippen LogP contribution in [0.1, 0.15) is 31.2 Å². The molecular formula is C20H25ClNO3S-. The number of benzene rings is 1. The molecular weight excluding hydrogens is 370 g/mol. The van der Waals surface area contributed by atoms with Gasteiger partial charge in [-0.3, -0.25) is 9.69 Å². The maximum atomic E-state index is 12.6. The molecule has 2 heterocycles. The molecule has 0 bridgehead atoms. The van der Waals surface area contributed by atoms with Gasteiger partial charge in [-0.05, 0) is 41.7 Å². The quantitative estimate of drug-likeness (QED) is 0.713. The number of rotatable bonds is 4. The molecule has 1 aliphatic heterocycles. The highest BCUT2D eigenvalue weighted by molar-refractivity contribution is 7.17. The van der Waals surface area contributed by atoms with E-state index in [-0.39, 0.29) is 24.5 Å². The Hall–Kier alpha value is -1.14. The van der Waals surface area contributed by atoms with E-state index in [0.29, 0.717) is 12.5 Å². The van der Waals surface area contributed by atoms with Crippen molar-refractivity contribution < 1.29 is 26.7 Å². The van der Waals surface area contributed by atoms with Crippen LogP contribution in [0.25, 0.3) is 10.1 Å².